The van der Waals surface area contributed by atoms with Gasteiger partial charge >= 0.3 is 5.97 Å². The fourth-order valence-corrected chi connectivity index (χ4v) is 3.17. The van der Waals surface area contributed by atoms with Crippen LogP contribution >= 0.6 is 0 Å². The van der Waals surface area contributed by atoms with Crippen LogP contribution in [0.5, 0.6) is 5.75 Å². The molecule has 0 saturated heterocycles. The number of carbonyl (C=O) groups excluding carboxylic acids is 1. The first-order valence-electron chi connectivity index (χ1n) is 7.23. The molecule has 1 aromatic carbocycles. The van der Waals surface area contributed by atoms with Gasteiger partial charge in [-0.05, 0) is 60.3 Å². The van der Waals surface area contributed by atoms with Crippen LogP contribution in [-0.4, -0.2) is 5.97 Å². The predicted molar refractivity (Wildman–Crippen MR) is 77.7 cm³/mol. The van der Waals surface area contributed by atoms with Crippen molar-refractivity contribution in [3.63, 3.8) is 0 Å². The summed E-state index contributed by atoms with van der Waals surface area (Å²) in [7, 11) is 0. The molecule has 0 amide bonds. The normalized spacial score (nSPS) is 22.2. The molecule has 1 aliphatic rings. The quantitative estimate of drug-likeness (QED) is 0.575. The third-order valence-corrected chi connectivity index (χ3v) is 4.28. The second-order valence-electron chi connectivity index (χ2n) is 6.17. The van der Waals surface area contributed by atoms with Gasteiger partial charge in [0.15, 0.2) is 0 Å². The van der Waals surface area contributed by atoms with Gasteiger partial charge in [-0.2, -0.15) is 0 Å². The lowest BCUT2D eigenvalue weighted by Gasteiger charge is -2.33. The van der Waals surface area contributed by atoms with E-state index in [4.69, 9.17) is 4.74 Å². The van der Waals surface area contributed by atoms with Crippen molar-refractivity contribution in [1.82, 2.24) is 0 Å². The van der Waals surface area contributed by atoms with Crippen molar-refractivity contribution >= 4 is 5.97 Å². The summed E-state index contributed by atoms with van der Waals surface area (Å²) in [5.74, 6) is 2.33. The molecule has 19 heavy (non-hydrogen) atoms. The first-order chi connectivity index (χ1) is 8.90. The fraction of sp³-hybridized carbons (Fsp3) is 0.588. The third-order valence-electron chi connectivity index (χ3n) is 4.28. The van der Waals surface area contributed by atoms with Gasteiger partial charge in [-0.25, -0.2) is 0 Å². The van der Waals surface area contributed by atoms with Crippen molar-refractivity contribution in [3.8, 4) is 5.75 Å². The lowest BCUT2D eigenvalue weighted by molar-refractivity contribution is -0.131. The number of hydrogen-bond acceptors (Lipinski definition) is 2. The minimum absolute atomic E-state index is 0.244. The van der Waals surface area contributed by atoms with Crippen molar-refractivity contribution in [1.29, 1.82) is 0 Å². The maximum absolute atomic E-state index is 11.2. The van der Waals surface area contributed by atoms with Crippen LogP contribution in [0, 0.1) is 12.8 Å². The smallest absolute Gasteiger partial charge is 0.308 e. The summed E-state index contributed by atoms with van der Waals surface area (Å²) in [6, 6.07) is 4.32. The molecule has 2 rings (SSSR count). The molecule has 2 heteroatoms. The first kappa shape index (κ1) is 14.1. The minimum atomic E-state index is -0.244. The molecule has 0 spiro atoms. The number of fused-ring (bicyclic) bond motifs is 1. The van der Waals surface area contributed by atoms with E-state index in [0.29, 0.717) is 17.8 Å². The topological polar surface area (TPSA) is 26.3 Å². The Kier molecular flexibility index (Phi) is 3.98. The van der Waals surface area contributed by atoms with Crippen molar-refractivity contribution < 1.29 is 9.53 Å². The number of benzene rings is 1. The zero-order valence-corrected chi connectivity index (χ0v) is 12.6. The number of carbonyl (C=O) groups is 1. The van der Waals surface area contributed by atoms with Gasteiger partial charge in [-0.15, -0.1) is 0 Å². The van der Waals surface area contributed by atoms with Gasteiger partial charge in [0.2, 0.25) is 0 Å². The van der Waals surface area contributed by atoms with E-state index in [1.165, 1.54) is 30.9 Å². The molecule has 0 aromatic heterocycles. The van der Waals surface area contributed by atoms with Crippen LogP contribution in [-0.2, 0) is 4.79 Å². The summed E-state index contributed by atoms with van der Waals surface area (Å²) in [6.45, 7) is 10.3. The molecule has 0 saturated carbocycles. The highest BCUT2D eigenvalue weighted by Gasteiger charge is 2.28. The highest BCUT2D eigenvalue weighted by atomic mass is 16.5. The molecular weight excluding hydrogens is 236 g/mol. The maximum atomic E-state index is 11.2. The van der Waals surface area contributed by atoms with E-state index in [-0.39, 0.29) is 5.97 Å². The molecule has 2 nitrogen and oxygen atoms in total. The lowest BCUT2D eigenvalue weighted by Crippen LogP contribution is -2.18. The molecule has 1 aromatic rings. The Morgan fingerprint density at radius 1 is 1.26 bits per heavy atom. The molecule has 0 heterocycles. The van der Waals surface area contributed by atoms with Crippen LogP contribution in [0.1, 0.15) is 69.1 Å². The number of aryl methyl sites for hydroxylation is 1. The number of rotatable bonds is 2. The molecular formula is C17H24O2. The zero-order valence-electron chi connectivity index (χ0n) is 12.6. The summed E-state index contributed by atoms with van der Waals surface area (Å²) in [6.07, 6.45) is 2.48. The van der Waals surface area contributed by atoms with Gasteiger partial charge in [0.05, 0.1) is 0 Å². The van der Waals surface area contributed by atoms with Crippen molar-refractivity contribution in [2.75, 3.05) is 0 Å². The Balaban J connectivity index is 2.47. The van der Waals surface area contributed by atoms with E-state index < -0.39 is 0 Å². The monoisotopic (exact) mass is 260 g/mol. The second-order valence-corrected chi connectivity index (χ2v) is 6.17. The first-order valence-corrected chi connectivity index (χ1v) is 7.23. The summed E-state index contributed by atoms with van der Waals surface area (Å²) in [4.78, 5) is 11.2. The van der Waals surface area contributed by atoms with Crippen LogP contribution < -0.4 is 4.74 Å². The van der Waals surface area contributed by atoms with Crippen molar-refractivity contribution in [2.45, 2.75) is 59.3 Å². The van der Waals surface area contributed by atoms with Crippen LogP contribution in [0.4, 0.5) is 0 Å². The molecule has 2 atom stereocenters. The molecule has 0 unspecified atom stereocenters. The molecule has 0 aliphatic heterocycles. The molecule has 1 aliphatic carbocycles. The molecule has 104 valence electrons. The number of ether oxygens (including phenoxy) is 1. The van der Waals surface area contributed by atoms with Gasteiger partial charge < -0.3 is 4.74 Å². The second kappa shape index (κ2) is 5.36. The molecule has 0 N–H and O–H groups in total. The zero-order chi connectivity index (χ0) is 14.2. The van der Waals surface area contributed by atoms with E-state index >= 15 is 0 Å². The van der Waals surface area contributed by atoms with Gasteiger partial charge in [0.1, 0.15) is 5.75 Å². The van der Waals surface area contributed by atoms with E-state index in [2.05, 4.69) is 32.9 Å². The Morgan fingerprint density at radius 2 is 1.95 bits per heavy atom. The van der Waals surface area contributed by atoms with Crippen molar-refractivity contribution in [3.05, 3.63) is 28.8 Å². The summed E-state index contributed by atoms with van der Waals surface area (Å²) >= 11 is 0. The maximum Gasteiger partial charge on any atom is 0.308 e. The lowest BCUT2D eigenvalue weighted by atomic mass is 9.72. The average Bonchev–Trinajstić information content (AvgIpc) is 2.30. The van der Waals surface area contributed by atoms with Gasteiger partial charge in [0, 0.05) is 6.92 Å². The summed E-state index contributed by atoms with van der Waals surface area (Å²) in [5, 5.41) is 0. The molecule has 0 fully saturated rings. The third kappa shape index (κ3) is 2.83. The van der Waals surface area contributed by atoms with E-state index in [9.17, 15) is 4.79 Å². The van der Waals surface area contributed by atoms with Gasteiger partial charge in [-0.1, -0.05) is 26.8 Å². The number of hydrogen-bond donors (Lipinski definition) is 0. The van der Waals surface area contributed by atoms with Crippen molar-refractivity contribution in [2.24, 2.45) is 5.92 Å². The fourth-order valence-electron chi connectivity index (χ4n) is 3.17. The highest BCUT2D eigenvalue weighted by Crippen LogP contribution is 2.44. The Bertz CT molecular complexity index is 488. The van der Waals surface area contributed by atoms with E-state index in [1.54, 1.807) is 0 Å². The molecule has 0 radical (unpaired) electrons. The molecule has 0 bridgehead atoms. The van der Waals surface area contributed by atoms with Gasteiger partial charge in [-0.3, -0.25) is 4.79 Å². The SMILES string of the molecule is CC(=O)Oc1cc2c(cc1C)[C@H](C(C)C)CC[C@@H]2C. The highest BCUT2D eigenvalue weighted by molar-refractivity contribution is 5.70. The summed E-state index contributed by atoms with van der Waals surface area (Å²) in [5.41, 5.74) is 3.89. The van der Waals surface area contributed by atoms with E-state index in [1.807, 2.05) is 6.92 Å². The van der Waals surface area contributed by atoms with Gasteiger partial charge in [0.25, 0.3) is 0 Å². The standard InChI is InChI=1S/C17H24O2/c1-10(2)14-7-6-11(3)15-9-17(19-13(5)18)12(4)8-16(14)15/h8-11,14H,6-7H2,1-5H3/t11-,14-/m0/s1. The van der Waals surface area contributed by atoms with Crippen LogP contribution in [0.25, 0.3) is 0 Å². The van der Waals surface area contributed by atoms with Crippen LogP contribution in [0.2, 0.25) is 0 Å². The Hall–Kier alpha value is -1.31. The Labute approximate surface area is 116 Å². The minimum Gasteiger partial charge on any atom is -0.426 e. The van der Waals surface area contributed by atoms with E-state index in [0.717, 1.165) is 11.3 Å². The Morgan fingerprint density at radius 3 is 2.53 bits per heavy atom. The predicted octanol–water partition coefficient (Wildman–Crippen LogP) is 4.56. The number of esters is 1. The van der Waals surface area contributed by atoms with Crippen LogP contribution in [0.15, 0.2) is 12.1 Å². The average molecular weight is 260 g/mol. The summed E-state index contributed by atoms with van der Waals surface area (Å²) < 4.78 is 5.32. The van der Waals surface area contributed by atoms with Crippen LogP contribution in [0.3, 0.4) is 0 Å². The largest absolute Gasteiger partial charge is 0.426 e.